The van der Waals surface area contributed by atoms with Gasteiger partial charge in [0.05, 0.1) is 11.9 Å². The van der Waals surface area contributed by atoms with Crippen molar-refractivity contribution in [2.24, 2.45) is 10.7 Å². The average molecular weight is 281 g/mol. The van der Waals surface area contributed by atoms with Crippen molar-refractivity contribution in [2.45, 2.75) is 20.3 Å². The minimum Gasteiger partial charge on any atom is -0.404 e. The van der Waals surface area contributed by atoms with E-state index in [4.69, 9.17) is 5.73 Å². The summed E-state index contributed by atoms with van der Waals surface area (Å²) in [7, 11) is 0. The fourth-order valence-corrected chi connectivity index (χ4v) is 2.58. The Labute approximate surface area is 127 Å². The van der Waals surface area contributed by atoms with Crippen LogP contribution in [0, 0.1) is 6.92 Å². The van der Waals surface area contributed by atoms with E-state index >= 15 is 0 Å². The number of allylic oxidation sites excluding steroid dienone is 1. The van der Waals surface area contributed by atoms with Gasteiger partial charge in [-0.05, 0) is 56.0 Å². The molecular formula is C18H23N3. The van der Waals surface area contributed by atoms with Crippen molar-refractivity contribution in [1.82, 2.24) is 4.90 Å². The minimum atomic E-state index is 0.871. The highest BCUT2D eigenvalue weighted by atomic mass is 15.1. The second kappa shape index (κ2) is 6.93. The van der Waals surface area contributed by atoms with Crippen LogP contribution in [0.3, 0.4) is 0 Å². The largest absolute Gasteiger partial charge is 0.404 e. The zero-order valence-corrected chi connectivity index (χ0v) is 12.8. The molecule has 2 N–H and O–H groups in total. The Morgan fingerprint density at radius 2 is 2.24 bits per heavy atom. The summed E-state index contributed by atoms with van der Waals surface area (Å²) in [6.07, 6.45) is 6.78. The number of nitrogens with zero attached hydrogens (tertiary/aromatic N) is 2. The SMILES string of the molecule is C=N/C=C(/c1cccc(C)c1)N1CC=C(/C(C)=C/N)CC1. The molecule has 110 valence electrons. The molecule has 1 aliphatic heterocycles. The van der Waals surface area contributed by atoms with Crippen LogP contribution in [0.2, 0.25) is 0 Å². The molecule has 0 saturated carbocycles. The van der Waals surface area contributed by atoms with Crippen molar-refractivity contribution < 1.29 is 0 Å². The highest BCUT2D eigenvalue weighted by Gasteiger charge is 2.16. The molecule has 0 fully saturated rings. The normalized spacial score (nSPS) is 16.7. The Hall–Kier alpha value is -2.29. The third-order valence-corrected chi connectivity index (χ3v) is 3.83. The second-order valence-corrected chi connectivity index (χ2v) is 5.34. The lowest BCUT2D eigenvalue weighted by Crippen LogP contribution is -2.27. The second-order valence-electron chi connectivity index (χ2n) is 5.34. The molecular weight excluding hydrogens is 258 g/mol. The molecule has 0 unspecified atom stereocenters. The standard InChI is InChI=1S/C18H23N3/c1-14-5-4-6-17(11-14)18(13-20-3)21-9-7-16(8-10-21)15(2)12-19/h4-7,11-13H,3,8-10,19H2,1-2H3/b15-12+,18-13-. The van der Waals surface area contributed by atoms with Gasteiger partial charge >= 0.3 is 0 Å². The molecule has 1 aromatic carbocycles. The van der Waals surface area contributed by atoms with Crippen molar-refractivity contribution in [1.29, 1.82) is 0 Å². The van der Waals surface area contributed by atoms with E-state index in [0.717, 1.165) is 30.8 Å². The first-order valence-corrected chi connectivity index (χ1v) is 7.21. The molecule has 21 heavy (non-hydrogen) atoms. The molecule has 1 heterocycles. The molecule has 2 rings (SSSR count). The van der Waals surface area contributed by atoms with E-state index in [1.165, 1.54) is 16.7 Å². The van der Waals surface area contributed by atoms with E-state index in [9.17, 15) is 0 Å². The van der Waals surface area contributed by atoms with Gasteiger partial charge in [-0.15, -0.1) is 0 Å². The molecule has 0 atom stereocenters. The van der Waals surface area contributed by atoms with E-state index in [1.54, 1.807) is 6.20 Å². The number of nitrogens with two attached hydrogens (primary N) is 1. The lowest BCUT2D eigenvalue weighted by molar-refractivity contribution is 0.424. The molecule has 0 radical (unpaired) electrons. The number of aryl methyl sites for hydroxylation is 1. The molecule has 0 saturated heterocycles. The van der Waals surface area contributed by atoms with Crippen LogP contribution in [0.4, 0.5) is 0 Å². The zero-order valence-electron chi connectivity index (χ0n) is 12.8. The fraction of sp³-hybridized carbons (Fsp3) is 0.278. The summed E-state index contributed by atoms with van der Waals surface area (Å²) in [5.41, 5.74) is 11.7. The predicted octanol–water partition coefficient (Wildman–Crippen LogP) is 3.49. The first-order chi connectivity index (χ1) is 10.2. The molecule has 0 amide bonds. The van der Waals surface area contributed by atoms with Gasteiger partial charge in [0, 0.05) is 13.1 Å². The van der Waals surface area contributed by atoms with Crippen LogP contribution >= 0.6 is 0 Å². The van der Waals surface area contributed by atoms with Crippen LogP contribution in [0.5, 0.6) is 0 Å². The van der Waals surface area contributed by atoms with Gasteiger partial charge in [-0.25, -0.2) is 0 Å². The van der Waals surface area contributed by atoms with E-state index in [0.29, 0.717) is 0 Å². The van der Waals surface area contributed by atoms with Crippen molar-refractivity contribution in [3.05, 3.63) is 65.0 Å². The van der Waals surface area contributed by atoms with Crippen molar-refractivity contribution >= 4 is 12.4 Å². The van der Waals surface area contributed by atoms with Crippen LogP contribution < -0.4 is 5.73 Å². The molecule has 0 spiro atoms. The van der Waals surface area contributed by atoms with Crippen LogP contribution in [0.25, 0.3) is 5.70 Å². The van der Waals surface area contributed by atoms with Gasteiger partial charge in [-0.1, -0.05) is 29.8 Å². The Bertz CT molecular complexity index is 609. The first-order valence-electron chi connectivity index (χ1n) is 7.21. The Morgan fingerprint density at radius 3 is 2.81 bits per heavy atom. The van der Waals surface area contributed by atoms with Crippen molar-refractivity contribution in [3.8, 4) is 0 Å². The number of aliphatic imine (C=N–C) groups is 1. The minimum absolute atomic E-state index is 0.871. The fourth-order valence-electron chi connectivity index (χ4n) is 2.58. The van der Waals surface area contributed by atoms with Gasteiger partial charge < -0.3 is 10.6 Å². The summed E-state index contributed by atoms with van der Waals surface area (Å²) in [5.74, 6) is 0. The monoisotopic (exact) mass is 281 g/mol. The summed E-state index contributed by atoms with van der Waals surface area (Å²) >= 11 is 0. The van der Waals surface area contributed by atoms with Crippen LogP contribution in [0.1, 0.15) is 24.5 Å². The highest BCUT2D eigenvalue weighted by Crippen LogP contribution is 2.26. The number of rotatable bonds is 4. The van der Waals surface area contributed by atoms with Gasteiger partial charge in [0.25, 0.3) is 0 Å². The quantitative estimate of drug-likeness (QED) is 0.858. The van der Waals surface area contributed by atoms with Gasteiger partial charge in [0.15, 0.2) is 0 Å². The van der Waals surface area contributed by atoms with Gasteiger partial charge in [0.2, 0.25) is 0 Å². The van der Waals surface area contributed by atoms with Gasteiger partial charge in [-0.2, -0.15) is 0 Å². The topological polar surface area (TPSA) is 41.6 Å². The predicted molar refractivity (Wildman–Crippen MR) is 90.9 cm³/mol. The summed E-state index contributed by atoms with van der Waals surface area (Å²) in [4.78, 5) is 6.31. The maximum Gasteiger partial charge on any atom is 0.0628 e. The number of hydrogen-bond acceptors (Lipinski definition) is 3. The lowest BCUT2D eigenvalue weighted by atomic mass is 10.00. The maximum atomic E-state index is 5.60. The average Bonchev–Trinajstić information content (AvgIpc) is 2.52. The maximum absolute atomic E-state index is 5.60. The van der Waals surface area contributed by atoms with Crippen LogP contribution in [0.15, 0.2) is 58.9 Å². The molecule has 3 heteroatoms. The third kappa shape index (κ3) is 3.63. The number of hydrogen-bond donors (Lipinski definition) is 1. The van der Waals surface area contributed by atoms with E-state index < -0.39 is 0 Å². The highest BCUT2D eigenvalue weighted by molar-refractivity contribution is 5.65. The van der Waals surface area contributed by atoms with E-state index in [-0.39, 0.29) is 0 Å². The molecule has 0 bridgehead atoms. The molecule has 3 nitrogen and oxygen atoms in total. The first kappa shape index (κ1) is 15.1. The zero-order chi connectivity index (χ0) is 15.2. The Kier molecular flexibility index (Phi) is 4.99. The summed E-state index contributed by atoms with van der Waals surface area (Å²) in [6.45, 7) is 9.60. The third-order valence-electron chi connectivity index (χ3n) is 3.83. The van der Waals surface area contributed by atoms with E-state index in [1.807, 2.05) is 6.20 Å². The Morgan fingerprint density at radius 1 is 1.43 bits per heavy atom. The summed E-state index contributed by atoms with van der Waals surface area (Å²) < 4.78 is 0. The van der Waals surface area contributed by atoms with Gasteiger partial charge in [-0.3, -0.25) is 4.99 Å². The molecule has 1 aromatic rings. The molecule has 0 aromatic heterocycles. The number of benzene rings is 1. The Balaban J connectivity index is 2.24. The smallest absolute Gasteiger partial charge is 0.0628 e. The van der Waals surface area contributed by atoms with E-state index in [2.05, 4.69) is 60.8 Å². The molecule has 0 aliphatic carbocycles. The van der Waals surface area contributed by atoms with Crippen molar-refractivity contribution in [2.75, 3.05) is 13.1 Å². The van der Waals surface area contributed by atoms with Crippen molar-refractivity contribution in [3.63, 3.8) is 0 Å². The van der Waals surface area contributed by atoms with Crippen LogP contribution in [-0.4, -0.2) is 24.7 Å². The van der Waals surface area contributed by atoms with Gasteiger partial charge in [0.1, 0.15) is 0 Å². The van der Waals surface area contributed by atoms with Crippen LogP contribution in [-0.2, 0) is 0 Å². The lowest BCUT2D eigenvalue weighted by Gasteiger charge is -2.30. The summed E-state index contributed by atoms with van der Waals surface area (Å²) in [5, 5.41) is 0. The summed E-state index contributed by atoms with van der Waals surface area (Å²) in [6, 6.07) is 8.48. The molecule has 1 aliphatic rings.